The highest BCUT2D eigenvalue weighted by atomic mass is 35.5. The number of aliphatic imine (C=N–C) groups is 1. The fourth-order valence-electron chi connectivity index (χ4n) is 2.62. The highest BCUT2D eigenvalue weighted by molar-refractivity contribution is 6.41. The number of benzene rings is 1. The van der Waals surface area contributed by atoms with Gasteiger partial charge in [0, 0.05) is 31.7 Å². The zero-order valence-corrected chi connectivity index (χ0v) is 16.8. The van der Waals surface area contributed by atoms with Gasteiger partial charge in [-0.2, -0.15) is 5.10 Å². The topological polar surface area (TPSA) is 59.2 Å². The summed E-state index contributed by atoms with van der Waals surface area (Å²) in [6.07, 6.45) is 3.68. The molecule has 0 bridgehead atoms. The van der Waals surface area contributed by atoms with Crippen molar-refractivity contribution in [2.24, 2.45) is 12.0 Å². The van der Waals surface area contributed by atoms with E-state index in [0.29, 0.717) is 23.3 Å². The van der Waals surface area contributed by atoms with Gasteiger partial charge >= 0.3 is 0 Å². The van der Waals surface area contributed by atoms with E-state index < -0.39 is 0 Å². The number of guanidine groups is 1. The lowest BCUT2D eigenvalue weighted by molar-refractivity contribution is 0.752. The third kappa shape index (κ3) is 4.84. The molecule has 3 aromatic rings. The van der Waals surface area contributed by atoms with E-state index in [1.807, 2.05) is 53.7 Å². The lowest BCUT2D eigenvalue weighted by Gasteiger charge is -2.12. The van der Waals surface area contributed by atoms with E-state index in [1.54, 1.807) is 6.20 Å². The monoisotopic (exact) mass is 404 g/mol. The Balaban J connectivity index is 1.63. The van der Waals surface area contributed by atoms with Crippen molar-refractivity contribution in [3.63, 3.8) is 0 Å². The molecule has 0 radical (unpaired) electrons. The largest absolute Gasteiger partial charge is 0.357 e. The van der Waals surface area contributed by atoms with Crippen LogP contribution in [-0.2, 0) is 20.1 Å². The van der Waals surface area contributed by atoms with Crippen LogP contribution in [0.15, 0.2) is 53.8 Å². The Kier molecular flexibility index (Phi) is 6.42. The molecule has 0 unspecified atom stereocenters. The third-order valence-electron chi connectivity index (χ3n) is 4.12. The maximum Gasteiger partial charge on any atom is 0.191 e. The molecular weight excluding hydrogens is 383 g/mol. The number of aromatic nitrogens is 3. The molecule has 0 spiro atoms. The Hall–Kier alpha value is -2.44. The molecule has 0 fully saturated rings. The van der Waals surface area contributed by atoms with Crippen LogP contribution < -0.4 is 10.6 Å². The van der Waals surface area contributed by atoms with Crippen molar-refractivity contribution in [1.82, 2.24) is 25.0 Å². The molecule has 3 rings (SSSR count). The molecule has 142 valence electrons. The number of halogens is 2. The quantitative estimate of drug-likeness (QED) is 0.485. The summed E-state index contributed by atoms with van der Waals surface area (Å²) < 4.78 is 3.68. The summed E-state index contributed by atoms with van der Waals surface area (Å²) >= 11 is 12.2. The number of rotatable bonds is 6. The molecule has 8 heteroatoms. The lowest BCUT2D eigenvalue weighted by Crippen LogP contribution is -2.37. The van der Waals surface area contributed by atoms with Crippen LogP contribution >= 0.6 is 23.2 Å². The zero-order chi connectivity index (χ0) is 19.2. The van der Waals surface area contributed by atoms with Gasteiger partial charge < -0.3 is 15.2 Å². The summed E-state index contributed by atoms with van der Waals surface area (Å²) in [5.41, 5.74) is 3.13. The Morgan fingerprint density at radius 1 is 1.19 bits per heavy atom. The Morgan fingerprint density at radius 2 is 1.96 bits per heavy atom. The Labute approximate surface area is 168 Å². The third-order valence-corrected chi connectivity index (χ3v) is 4.96. The first-order chi connectivity index (χ1) is 13.1. The van der Waals surface area contributed by atoms with E-state index in [-0.39, 0.29) is 0 Å². The average Bonchev–Trinajstić information content (AvgIpc) is 3.30. The second-order valence-corrected chi connectivity index (χ2v) is 6.76. The van der Waals surface area contributed by atoms with Gasteiger partial charge in [0.15, 0.2) is 5.96 Å². The molecular formula is C19H22Cl2N6. The summed E-state index contributed by atoms with van der Waals surface area (Å²) in [6.45, 7) is 3.96. The van der Waals surface area contributed by atoms with Crippen LogP contribution in [0.2, 0.25) is 10.2 Å². The van der Waals surface area contributed by atoms with Gasteiger partial charge in [-0.05, 0) is 36.8 Å². The highest BCUT2D eigenvalue weighted by Gasteiger charge is 2.09. The number of nitrogens with one attached hydrogen (secondary N) is 2. The summed E-state index contributed by atoms with van der Waals surface area (Å²) in [7, 11) is 1.89. The van der Waals surface area contributed by atoms with Crippen molar-refractivity contribution in [2.45, 2.75) is 20.0 Å². The van der Waals surface area contributed by atoms with E-state index in [1.165, 1.54) is 0 Å². The van der Waals surface area contributed by atoms with Crippen LogP contribution in [0.25, 0.3) is 5.69 Å². The maximum absolute atomic E-state index is 6.12. The SMILES string of the molecule is CCNC(=NCc1ccc(-n2cccn2)cc1)NCc1cc(Cl)c(Cl)n1C. The summed E-state index contributed by atoms with van der Waals surface area (Å²) in [6, 6.07) is 11.9. The minimum atomic E-state index is 0.535. The van der Waals surface area contributed by atoms with Gasteiger partial charge in [-0.25, -0.2) is 9.67 Å². The molecule has 2 heterocycles. The van der Waals surface area contributed by atoms with Gasteiger partial charge in [-0.15, -0.1) is 0 Å². The fourth-order valence-corrected chi connectivity index (χ4v) is 3.04. The van der Waals surface area contributed by atoms with Crippen LogP contribution in [-0.4, -0.2) is 26.9 Å². The summed E-state index contributed by atoms with van der Waals surface area (Å²) in [5.74, 6) is 0.738. The predicted octanol–water partition coefficient (Wildman–Crippen LogP) is 3.77. The minimum Gasteiger partial charge on any atom is -0.357 e. The fraction of sp³-hybridized carbons (Fsp3) is 0.263. The molecule has 0 saturated heterocycles. The van der Waals surface area contributed by atoms with Gasteiger partial charge in [-0.3, -0.25) is 0 Å². The van der Waals surface area contributed by atoms with E-state index in [4.69, 9.17) is 23.2 Å². The number of hydrogen-bond donors (Lipinski definition) is 2. The van der Waals surface area contributed by atoms with Crippen molar-refractivity contribution in [3.05, 3.63) is 70.2 Å². The molecule has 1 aromatic carbocycles. The van der Waals surface area contributed by atoms with E-state index in [9.17, 15) is 0 Å². The normalized spacial score (nSPS) is 11.6. The van der Waals surface area contributed by atoms with Crippen molar-refractivity contribution in [3.8, 4) is 5.69 Å². The molecule has 2 aromatic heterocycles. The van der Waals surface area contributed by atoms with Crippen molar-refractivity contribution >= 4 is 29.2 Å². The van der Waals surface area contributed by atoms with Gasteiger partial charge in [0.2, 0.25) is 0 Å². The highest BCUT2D eigenvalue weighted by Crippen LogP contribution is 2.24. The summed E-state index contributed by atoms with van der Waals surface area (Å²) in [5, 5.41) is 11.9. The lowest BCUT2D eigenvalue weighted by atomic mass is 10.2. The minimum absolute atomic E-state index is 0.535. The first-order valence-corrected chi connectivity index (χ1v) is 9.44. The molecule has 0 aliphatic heterocycles. The smallest absolute Gasteiger partial charge is 0.191 e. The van der Waals surface area contributed by atoms with E-state index >= 15 is 0 Å². The zero-order valence-electron chi connectivity index (χ0n) is 15.3. The molecule has 0 amide bonds. The predicted molar refractivity (Wildman–Crippen MR) is 111 cm³/mol. The Bertz CT molecular complexity index is 897. The van der Waals surface area contributed by atoms with Crippen LogP contribution in [0.1, 0.15) is 18.2 Å². The van der Waals surface area contributed by atoms with Crippen LogP contribution in [0.5, 0.6) is 0 Å². The van der Waals surface area contributed by atoms with Crippen molar-refractivity contribution in [2.75, 3.05) is 6.54 Å². The van der Waals surface area contributed by atoms with Crippen molar-refractivity contribution in [1.29, 1.82) is 0 Å². The molecule has 0 saturated carbocycles. The maximum atomic E-state index is 6.12. The molecule has 0 aliphatic carbocycles. The van der Waals surface area contributed by atoms with E-state index in [2.05, 4.69) is 32.9 Å². The number of nitrogens with zero attached hydrogens (tertiary/aromatic N) is 4. The van der Waals surface area contributed by atoms with Crippen molar-refractivity contribution < 1.29 is 0 Å². The molecule has 0 atom stereocenters. The van der Waals surface area contributed by atoms with Gasteiger partial charge in [0.05, 0.1) is 23.8 Å². The van der Waals surface area contributed by atoms with Crippen LogP contribution in [0.3, 0.4) is 0 Å². The molecule has 27 heavy (non-hydrogen) atoms. The second kappa shape index (κ2) is 8.97. The van der Waals surface area contributed by atoms with E-state index in [0.717, 1.165) is 29.4 Å². The summed E-state index contributed by atoms with van der Waals surface area (Å²) in [4.78, 5) is 4.65. The first-order valence-electron chi connectivity index (χ1n) is 8.69. The van der Waals surface area contributed by atoms with Crippen LogP contribution in [0, 0.1) is 0 Å². The average molecular weight is 405 g/mol. The molecule has 6 nitrogen and oxygen atoms in total. The van der Waals surface area contributed by atoms with Gasteiger partial charge in [0.1, 0.15) is 5.15 Å². The number of hydrogen-bond acceptors (Lipinski definition) is 2. The van der Waals surface area contributed by atoms with Gasteiger partial charge in [0.25, 0.3) is 0 Å². The standard InChI is InChI=1S/C19H22Cl2N6/c1-3-22-19(24-13-16-11-17(20)18(21)26(16)2)23-12-14-5-7-15(8-6-14)27-10-4-9-25-27/h4-11H,3,12-13H2,1-2H3,(H2,22,23,24). The van der Waals surface area contributed by atoms with Crippen LogP contribution in [0.4, 0.5) is 0 Å². The molecule has 0 aliphatic rings. The van der Waals surface area contributed by atoms with Gasteiger partial charge in [-0.1, -0.05) is 35.3 Å². The molecule has 2 N–H and O–H groups in total. The Morgan fingerprint density at radius 3 is 2.56 bits per heavy atom. The second-order valence-electron chi connectivity index (χ2n) is 6.00. The first kappa shape index (κ1) is 19.3.